The number of methoxy groups -OCH3 is 1. The molecule has 0 aromatic heterocycles. The van der Waals surface area contributed by atoms with E-state index in [1.807, 2.05) is 13.8 Å². The summed E-state index contributed by atoms with van der Waals surface area (Å²) in [7, 11) is -1.82. The molecule has 0 aliphatic carbocycles. The molecule has 1 aliphatic rings. The number of nitrogens with one attached hydrogen (secondary N) is 1. The highest BCUT2D eigenvalue weighted by molar-refractivity contribution is 7.92. The van der Waals surface area contributed by atoms with E-state index in [0.29, 0.717) is 17.1 Å². The average molecular weight is 297 g/mol. The lowest BCUT2D eigenvalue weighted by atomic mass is 10.1. The van der Waals surface area contributed by atoms with Crippen LogP contribution in [-0.2, 0) is 9.84 Å². The summed E-state index contributed by atoms with van der Waals surface area (Å²) in [6, 6.07) is 3.57. The molecule has 1 saturated heterocycles. The van der Waals surface area contributed by atoms with Crippen molar-refractivity contribution in [1.82, 2.24) is 5.32 Å². The molecule has 4 nitrogen and oxygen atoms in total. The van der Waals surface area contributed by atoms with E-state index in [9.17, 15) is 8.42 Å². The van der Waals surface area contributed by atoms with Crippen LogP contribution in [0.4, 0.5) is 0 Å². The zero-order valence-corrected chi connectivity index (χ0v) is 13.4. The SMILES string of the molecule is COc1cc(C)c(S(=O)(=O)[C@@]2(C)CCCCN2)c(C)c1. The fraction of sp³-hybridized carbons (Fsp3) is 0.600. The standard InChI is InChI=1S/C15H23NO3S/c1-11-9-13(19-4)10-12(2)14(11)20(17,18)15(3)7-5-6-8-16-15/h9-10,16H,5-8H2,1-4H3/t15-/m0/s1. The van der Waals surface area contributed by atoms with Crippen LogP contribution in [0.2, 0.25) is 0 Å². The lowest BCUT2D eigenvalue weighted by molar-refractivity contribution is 0.364. The Morgan fingerprint density at radius 2 is 1.80 bits per heavy atom. The molecule has 1 heterocycles. The summed E-state index contributed by atoms with van der Waals surface area (Å²) in [5.41, 5.74) is 1.49. The second kappa shape index (κ2) is 5.37. The third kappa shape index (κ3) is 2.44. The molecule has 5 heteroatoms. The molecule has 1 fully saturated rings. The number of hydrogen-bond acceptors (Lipinski definition) is 4. The molecular formula is C15H23NO3S. The first-order chi connectivity index (χ1) is 9.32. The molecule has 1 aliphatic heterocycles. The van der Waals surface area contributed by atoms with Gasteiger partial charge in [0.25, 0.3) is 0 Å². The van der Waals surface area contributed by atoms with Crippen LogP contribution < -0.4 is 10.1 Å². The van der Waals surface area contributed by atoms with Gasteiger partial charge in [-0.1, -0.05) is 0 Å². The minimum Gasteiger partial charge on any atom is -0.497 e. The first kappa shape index (κ1) is 15.3. The fourth-order valence-corrected chi connectivity index (χ4v) is 5.06. The topological polar surface area (TPSA) is 55.4 Å². The van der Waals surface area contributed by atoms with E-state index in [1.54, 1.807) is 26.2 Å². The number of benzene rings is 1. The summed E-state index contributed by atoms with van der Waals surface area (Å²) in [5.74, 6) is 0.695. The third-order valence-electron chi connectivity index (χ3n) is 4.11. The maximum absolute atomic E-state index is 13.0. The van der Waals surface area contributed by atoms with Crippen LogP contribution in [0.5, 0.6) is 5.75 Å². The third-order valence-corrected chi connectivity index (χ3v) is 6.83. The summed E-state index contributed by atoms with van der Waals surface area (Å²) in [6.45, 7) is 6.21. The van der Waals surface area contributed by atoms with Crippen molar-refractivity contribution in [3.63, 3.8) is 0 Å². The Morgan fingerprint density at radius 3 is 2.25 bits per heavy atom. The first-order valence-electron chi connectivity index (χ1n) is 6.97. The lowest BCUT2D eigenvalue weighted by Gasteiger charge is -2.35. The van der Waals surface area contributed by atoms with E-state index in [-0.39, 0.29) is 0 Å². The average Bonchev–Trinajstić information content (AvgIpc) is 2.38. The van der Waals surface area contributed by atoms with Gasteiger partial charge in [-0.05, 0) is 69.8 Å². The molecule has 1 N–H and O–H groups in total. The molecule has 0 spiro atoms. The molecular weight excluding hydrogens is 274 g/mol. The second-order valence-electron chi connectivity index (χ2n) is 5.71. The largest absolute Gasteiger partial charge is 0.497 e. The number of piperidine rings is 1. The van der Waals surface area contributed by atoms with Gasteiger partial charge in [0.15, 0.2) is 9.84 Å². The predicted molar refractivity (Wildman–Crippen MR) is 79.9 cm³/mol. The summed E-state index contributed by atoms with van der Waals surface area (Å²) < 4.78 is 31.3. The summed E-state index contributed by atoms with van der Waals surface area (Å²) in [4.78, 5) is -0.426. The first-order valence-corrected chi connectivity index (χ1v) is 8.45. The Kier molecular flexibility index (Phi) is 4.12. The van der Waals surface area contributed by atoms with Crippen LogP contribution in [0.1, 0.15) is 37.3 Å². The molecule has 0 unspecified atom stereocenters. The van der Waals surface area contributed by atoms with Crippen molar-refractivity contribution >= 4 is 9.84 Å². The van der Waals surface area contributed by atoms with Gasteiger partial charge in [-0.3, -0.25) is 5.32 Å². The van der Waals surface area contributed by atoms with E-state index in [0.717, 1.165) is 30.5 Å². The molecule has 2 rings (SSSR count). The zero-order valence-electron chi connectivity index (χ0n) is 12.6. The molecule has 1 atom stereocenters. The van der Waals surface area contributed by atoms with Gasteiger partial charge in [-0.25, -0.2) is 8.42 Å². The van der Waals surface area contributed by atoms with Gasteiger partial charge < -0.3 is 4.74 Å². The molecule has 112 valence electrons. The van der Waals surface area contributed by atoms with Crippen molar-refractivity contribution in [3.8, 4) is 5.75 Å². The molecule has 0 amide bonds. The Hall–Kier alpha value is -1.07. The monoisotopic (exact) mass is 297 g/mol. The van der Waals surface area contributed by atoms with Crippen LogP contribution in [0.25, 0.3) is 0 Å². The van der Waals surface area contributed by atoms with Crippen molar-refractivity contribution in [2.75, 3.05) is 13.7 Å². The van der Waals surface area contributed by atoms with Crippen molar-refractivity contribution < 1.29 is 13.2 Å². The number of hydrogen-bond donors (Lipinski definition) is 1. The van der Waals surface area contributed by atoms with E-state index >= 15 is 0 Å². The van der Waals surface area contributed by atoms with Gasteiger partial charge in [0, 0.05) is 0 Å². The maximum Gasteiger partial charge on any atom is 0.197 e. The highest BCUT2D eigenvalue weighted by Crippen LogP contribution is 2.35. The Balaban J connectivity index is 2.55. The van der Waals surface area contributed by atoms with Crippen LogP contribution >= 0.6 is 0 Å². The highest BCUT2D eigenvalue weighted by Gasteiger charge is 2.42. The van der Waals surface area contributed by atoms with Crippen LogP contribution in [0.15, 0.2) is 17.0 Å². The zero-order chi connectivity index (χ0) is 15.0. The van der Waals surface area contributed by atoms with Crippen LogP contribution in [0.3, 0.4) is 0 Å². The van der Waals surface area contributed by atoms with E-state index in [2.05, 4.69) is 5.32 Å². The Bertz CT molecular complexity index is 579. The van der Waals surface area contributed by atoms with Crippen molar-refractivity contribution in [1.29, 1.82) is 0 Å². The van der Waals surface area contributed by atoms with E-state index in [1.165, 1.54) is 0 Å². The van der Waals surface area contributed by atoms with Crippen LogP contribution in [-0.4, -0.2) is 26.9 Å². The van der Waals surface area contributed by atoms with Crippen LogP contribution in [0, 0.1) is 13.8 Å². The van der Waals surface area contributed by atoms with Gasteiger partial charge in [-0.2, -0.15) is 0 Å². The normalized spacial score (nSPS) is 23.6. The highest BCUT2D eigenvalue weighted by atomic mass is 32.2. The number of ether oxygens (including phenoxy) is 1. The quantitative estimate of drug-likeness (QED) is 0.931. The summed E-state index contributed by atoms with van der Waals surface area (Å²) >= 11 is 0. The number of rotatable bonds is 3. The molecule has 1 aromatic rings. The molecule has 0 radical (unpaired) electrons. The predicted octanol–water partition coefficient (Wildman–Crippen LogP) is 2.58. The van der Waals surface area contributed by atoms with E-state index < -0.39 is 14.7 Å². The summed E-state index contributed by atoms with van der Waals surface area (Å²) in [6.07, 6.45) is 2.63. The lowest BCUT2D eigenvalue weighted by Crippen LogP contribution is -2.52. The van der Waals surface area contributed by atoms with Gasteiger partial charge in [0.1, 0.15) is 10.6 Å². The van der Waals surface area contributed by atoms with Crippen molar-refractivity contribution in [3.05, 3.63) is 23.3 Å². The fourth-order valence-electron chi connectivity index (χ4n) is 2.94. The second-order valence-corrected chi connectivity index (χ2v) is 8.02. The molecule has 0 saturated carbocycles. The Labute approximate surface area is 121 Å². The molecule has 0 bridgehead atoms. The van der Waals surface area contributed by atoms with Gasteiger partial charge in [0.05, 0.1) is 12.0 Å². The van der Waals surface area contributed by atoms with Gasteiger partial charge >= 0.3 is 0 Å². The smallest absolute Gasteiger partial charge is 0.197 e. The van der Waals surface area contributed by atoms with Gasteiger partial charge in [0.2, 0.25) is 0 Å². The minimum absolute atomic E-state index is 0.440. The maximum atomic E-state index is 13.0. The van der Waals surface area contributed by atoms with Crippen molar-refractivity contribution in [2.24, 2.45) is 0 Å². The Morgan fingerprint density at radius 1 is 1.20 bits per heavy atom. The number of aryl methyl sites for hydroxylation is 2. The number of sulfone groups is 1. The van der Waals surface area contributed by atoms with Gasteiger partial charge in [-0.15, -0.1) is 0 Å². The molecule has 1 aromatic carbocycles. The minimum atomic E-state index is -3.41. The van der Waals surface area contributed by atoms with E-state index in [4.69, 9.17) is 4.74 Å². The summed E-state index contributed by atoms with van der Waals surface area (Å²) in [5, 5.41) is 3.20. The molecule has 20 heavy (non-hydrogen) atoms. The van der Waals surface area contributed by atoms with Crippen molar-refractivity contribution in [2.45, 2.75) is 49.8 Å².